The standard InChI is InChI=1S/C43H70O10/c1-3-5-7-9-11-13-15-17-18-20-22-24-26-28-30-32-39(46)52-36(35-51-43-42(49)41(48)40(47)37(33-44)53-43)34-50-38(45)31-29-27-25-23-21-19-16-14-12-10-8-6-4-2/h5,7,11,13-14,16-18,22,24,28,30,36-37,40-44,47-49H,3-4,6,8-10,12,15,19-21,23,25-27,29,31-35H2,1-2H3/b7-5-,13-11-,16-14-,18-17-,24-22-,30-28-. The van der Waals surface area contributed by atoms with Gasteiger partial charge in [-0.15, -0.1) is 0 Å². The third kappa shape index (κ3) is 25.7. The molecule has 1 fully saturated rings. The van der Waals surface area contributed by atoms with Gasteiger partial charge in [-0.1, -0.05) is 125 Å². The number of esters is 2. The van der Waals surface area contributed by atoms with Crippen LogP contribution in [0.25, 0.3) is 0 Å². The summed E-state index contributed by atoms with van der Waals surface area (Å²) in [6.07, 6.45) is 33.7. The first-order chi connectivity index (χ1) is 25.8. The molecule has 6 unspecified atom stereocenters. The smallest absolute Gasteiger partial charge is 0.310 e. The van der Waals surface area contributed by atoms with Gasteiger partial charge in [-0.25, -0.2) is 0 Å². The van der Waals surface area contributed by atoms with Gasteiger partial charge in [0.25, 0.3) is 0 Å². The summed E-state index contributed by atoms with van der Waals surface area (Å²) in [5.74, 6) is -0.973. The fourth-order valence-electron chi connectivity index (χ4n) is 5.43. The molecular formula is C43H70O10. The maximum absolute atomic E-state index is 12.7. The van der Waals surface area contributed by atoms with Gasteiger partial charge in [0.2, 0.25) is 0 Å². The van der Waals surface area contributed by atoms with Gasteiger partial charge in [-0.2, -0.15) is 0 Å². The van der Waals surface area contributed by atoms with Crippen molar-refractivity contribution < 1.29 is 49.0 Å². The second kappa shape index (κ2) is 33.7. The molecule has 10 heteroatoms. The van der Waals surface area contributed by atoms with Crippen molar-refractivity contribution in [2.45, 2.75) is 166 Å². The third-order valence-corrected chi connectivity index (χ3v) is 8.61. The Kier molecular flexibility index (Phi) is 30.6. The van der Waals surface area contributed by atoms with Gasteiger partial charge in [0.1, 0.15) is 31.0 Å². The molecule has 1 rings (SSSR count). The van der Waals surface area contributed by atoms with Crippen molar-refractivity contribution in [3.05, 3.63) is 72.9 Å². The molecule has 0 bridgehead atoms. The van der Waals surface area contributed by atoms with Crippen molar-refractivity contribution in [1.29, 1.82) is 0 Å². The summed E-state index contributed by atoms with van der Waals surface area (Å²) < 4.78 is 21.9. The number of aliphatic hydroxyl groups excluding tert-OH is 4. The minimum Gasteiger partial charge on any atom is -0.462 e. The Morgan fingerprint density at radius 3 is 1.75 bits per heavy atom. The van der Waals surface area contributed by atoms with Gasteiger partial charge in [-0.3, -0.25) is 9.59 Å². The molecule has 53 heavy (non-hydrogen) atoms. The molecule has 0 aromatic carbocycles. The molecular weight excluding hydrogens is 676 g/mol. The molecule has 0 saturated carbocycles. The number of rotatable bonds is 31. The first kappa shape index (κ1) is 48.2. The van der Waals surface area contributed by atoms with Crippen LogP contribution in [0.5, 0.6) is 0 Å². The van der Waals surface area contributed by atoms with E-state index < -0.39 is 55.4 Å². The van der Waals surface area contributed by atoms with E-state index in [4.69, 9.17) is 18.9 Å². The highest BCUT2D eigenvalue weighted by Gasteiger charge is 2.44. The second-order valence-electron chi connectivity index (χ2n) is 13.4. The Morgan fingerprint density at radius 2 is 1.17 bits per heavy atom. The Morgan fingerprint density at radius 1 is 0.623 bits per heavy atom. The summed E-state index contributed by atoms with van der Waals surface area (Å²) in [7, 11) is 0. The monoisotopic (exact) mass is 746 g/mol. The molecule has 1 heterocycles. The highest BCUT2D eigenvalue weighted by molar-refractivity contribution is 5.71. The van der Waals surface area contributed by atoms with E-state index >= 15 is 0 Å². The summed E-state index contributed by atoms with van der Waals surface area (Å²) in [6.45, 7) is 3.15. The zero-order chi connectivity index (χ0) is 38.8. The Hall–Kier alpha value is -2.86. The summed E-state index contributed by atoms with van der Waals surface area (Å²) in [6, 6.07) is 0. The van der Waals surface area contributed by atoms with Crippen LogP contribution in [0.15, 0.2) is 72.9 Å². The van der Waals surface area contributed by atoms with Crippen LogP contribution >= 0.6 is 0 Å². The largest absolute Gasteiger partial charge is 0.462 e. The summed E-state index contributed by atoms with van der Waals surface area (Å²) in [5.41, 5.74) is 0. The fourth-order valence-corrected chi connectivity index (χ4v) is 5.43. The molecule has 0 radical (unpaired) electrons. The number of carbonyl (C=O) groups excluding carboxylic acids is 2. The number of allylic oxidation sites excluding steroid dienone is 11. The molecule has 1 saturated heterocycles. The first-order valence-electron chi connectivity index (χ1n) is 20.0. The van der Waals surface area contributed by atoms with Crippen molar-refractivity contribution in [3.63, 3.8) is 0 Å². The zero-order valence-electron chi connectivity index (χ0n) is 32.5. The highest BCUT2D eigenvalue weighted by atomic mass is 16.7. The first-order valence-corrected chi connectivity index (χ1v) is 20.0. The van der Waals surface area contributed by atoms with Crippen molar-refractivity contribution in [2.75, 3.05) is 19.8 Å². The fraction of sp³-hybridized carbons (Fsp3) is 0.674. The lowest BCUT2D eigenvalue weighted by atomic mass is 9.99. The van der Waals surface area contributed by atoms with E-state index in [1.54, 1.807) is 6.08 Å². The van der Waals surface area contributed by atoms with E-state index in [0.717, 1.165) is 64.2 Å². The van der Waals surface area contributed by atoms with Crippen molar-refractivity contribution in [2.24, 2.45) is 0 Å². The Bertz CT molecular complexity index is 1090. The van der Waals surface area contributed by atoms with Gasteiger partial charge >= 0.3 is 11.9 Å². The van der Waals surface area contributed by atoms with Crippen LogP contribution in [0.4, 0.5) is 0 Å². The quantitative estimate of drug-likeness (QED) is 0.0316. The van der Waals surface area contributed by atoms with Gasteiger partial charge in [-0.05, 0) is 64.2 Å². The molecule has 302 valence electrons. The Balaban J connectivity index is 2.47. The number of carbonyl (C=O) groups is 2. The lowest BCUT2D eigenvalue weighted by Gasteiger charge is -2.39. The van der Waals surface area contributed by atoms with Crippen LogP contribution in [-0.2, 0) is 28.5 Å². The highest BCUT2D eigenvalue weighted by Crippen LogP contribution is 2.22. The van der Waals surface area contributed by atoms with Crippen molar-refractivity contribution in [3.8, 4) is 0 Å². The third-order valence-electron chi connectivity index (χ3n) is 8.61. The minimum absolute atomic E-state index is 0.00718. The van der Waals surface area contributed by atoms with E-state index in [1.807, 2.05) is 12.2 Å². The van der Waals surface area contributed by atoms with Crippen LogP contribution in [0.3, 0.4) is 0 Å². The molecule has 0 aromatic rings. The number of hydrogen-bond donors (Lipinski definition) is 4. The van der Waals surface area contributed by atoms with Crippen molar-refractivity contribution in [1.82, 2.24) is 0 Å². The number of ether oxygens (including phenoxy) is 4. The number of aliphatic hydroxyl groups is 4. The summed E-state index contributed by atoms with van der Waals surface area (Å²) in [5, 5.41) is 39.9. The number of unbranched alkanes of at least 4 members (excludes halogenated alkanes) is 9. The molecule has 10 nitrogen and oxygen atoms in total. The lowest BCUT2D eigenvalue weighted by molar-refractivity contribution is -0.305. The maximum atomic E-state index is 12.7. The van der Waals surface area contributed by atoms with Crippen LogP contribution in [-0.4, -0.2) is 89.0 Å². The van der Waals surface area contributed by atoms with Crippen LogP contribution in [0.1, 0.15) is 129 Å². The van der Waals surface area contributed by atoms with Gasteiger partial charge < -0.3 is 39.4 Å². The SMILES string of the molecule is CC/C=C\C/C=C\C/C=C\C/C=C\C/C=C\CC(=O)OC(COC(=O)CCCCCCC/C=C\CCCCCC)COC1OC(CO)C(O)C(O)C1O. The minimum atomic E-state index is -1.61. The molecule has 1 aliphatic rings. The van der Waals surface area contributed by atoms with Gasteiger partial charge in [0.15, 0.2) is 12.4 Å². The van der Waals surface area contributed by atoms with Crippen LogP contribution < -0.4 is 0 Å². The Labute approximate surface area is 319 Å². The van der Waals surface area contributed by atoms with Crippen molar-refractivity contribution >= 4 is 11.9 Å². The van der Waals surface area contributed by atoms with Gasteiger partial charge in [0.05, 0.1) is 19.6 Å². The zero-order valence-corrected chi connectivity index (χ0v) is 32.5. The van der Waals surface area contributed by atoms with E-state index in [2.05, 4.69) is 68.5 Å². The van der Waals surface area contributed by atoms with Crippen LogP contribution in [0.2, 0.25) is 0 Å². The molecule has 0 spiro atoms. The molecule has 0 amide bonds. The molecule has 1 aliphatic heterocycles. The predicted molar refractivity (Wildman–Crippen MR) is 210 cm³/mol. The molecule has 4 N–H and O–H groups in total. The topological polar surface area (TPSA) is 152 Å². The second-order valence-corrected chi connectivity index (χ2v) is 13.4. The maximum Gasteiger partial charge on any atom is 0.310 e. The molecule has 0 aliphatic carbocycles. The summed E-state index contributed by atoms with van der Waals surface area (Å²) in [4.78, 5) is 25.1. The normalized spacial score (nSPS) is 21.7. The summed E-state index contributed by atoms with van der Waals surface area (Å²) >= 11 is 0. The van der Waals surface area contributed by atoms with Gasteiger partial charge in [0, 0.05) is 6.42 Å². The molecule has 6 atom stereocenters. The lowest BCUT2D eigenvalue weighted by Crippen LogP contribution is -2.59. The van der Waals surface area contributed by atoms with E-state index in [1.165, 1.54) is 25.7 Å². The number of hydrogen-bond acceptors (Lipinski definition) is 10. The predicted octanol–water partition coefficient (Wildman–Crippen LogP) is 7.66. The average Bonchev–Trinajstić information content (AvgIpc) is 3.15. The van der Waals surface area contributed by atoms with Crippen LogP contribution in [0, 0.1) is 0 Å². The van der Waals surface area contributed by atoms with E-state index in [-0.39, 0.29) is 26.1 Å². The average molecular weight is 747 g/mol. The van der Waals surface area contributed by atoms with E-state index in [0.29, 0.717) is 12.8 Å². The van der Waals surface area contributed by atoms with E-state index in [9.17, 15) is 30.0 Å². The molecule has 0 aromatic heterocycles.